The number of benzene rings is 1. The van der Waals surface area contributed by atoms with Gasteiger partial charge in [-0.25, -0.2) is 12.7 Å². The molecule has 0 radical (unpaired) electrons. The largest absolute Gasteiger partial charge is 0.481 e. The number of para-hydroxylation sites is 1. The standard InChI is InChI=1S/C15H20N2O6S/c1-11-8-13(15(18)19)10-16(9-11)24(22,23)7-6-12-4-2-3-5-14(12)17(20)21/h2-5,11,13H,6-10H2,1H3,(H,18,19). The number of nitrogens with zero attached hydrogens (tertiary/aromatic N) is 2. The lowest BCUT2D eigenvalue weighted by Gasteiger charge is -2.33. The molecule has 0 aromatic heterocycles. The number of aryl methyl sites for hydroxylation is 1. The number of carboxylic acids is 1. The fraction of sp³-hybridized carbons (Fsp3) is 0.533. The van der Waals surface area contributed by atoms with Crippen LogP contribution in [0.2, 0.25) is 0 Å². The average Bonchev–Trinajstić information content (AvgIpc) is 2.52. The molecule has 0 bridgehead atoms. The van der Waals surface area contributed by atoms with Gasteiger partial charge in [-0.3, -0.25) is 14.9 Å². The molecular formula is C15H20N2O6S. The van der Waals surface area contributed by atoms with Gasteiger partial charge in [0.1, 0.15) is 0 Å². The molecule has 9 heteroatoms. The van der Waals surface area contributed by atoms with Crippen molar-refractivity contribution in [3.8, 4) is 0 Å². The van der Waals surface area contributed by atoms with E-state index in [4.69, 9.17) is 5.11 Å². The predicted octanol–water partition coefficient (Wildman–Crippen LogP) is 1.51. The molecule has 0 spiro atoms. The summed E-state index contributed by atoms with van der Waals surface area (Å²) < 4.78 is 26.2. The molecule has 0 saturated carbocycles. The van der Waals surface area contributed by atoms with Gasteiger partial charge in [-0.2, -0.15) is 0 Å². The molecule has 0 amide bonds. The van der Waals surface area contributed by atoms with Gasteiger partial charge in [0.15, 0.2) is 0 Å². The number of hydrogen-bond donors (Lipinski definition) is 1. The molecule has 1 aromatic carbocycles. The Morgan fingerprint density at radius 2 is 2.04 bits per heavy atom. The summed E-state index contributed by atoms with van der Waals surface area (Å²) in [5.74, 6) is -2.03. The second kappa shape index (κ2) is 7.27. The van der Waals surface area contributed by atoms with Gasteiger partial charge < -0.3 is 5.11 Å². The highest BCUT2D eigenvalue weighted by molar-refractivity contribution is 7.89. The van der Waals surface area contributed by atoms with Crippen LogP contribution in [-0.2, 0) is 21.2 Å². The lowest BCUT2D eigenvalue weighted by atomic mass is 9.92. The van der Waals surface area contributed by atoms with E-state index in [1.807, 2.05) is 6.92 Å². The van der Waals surface area contributed by atoms with E-state index in [0.29, 0.717) is 12.0 Å². The highest BCUT2D eigenvalue weighted by Gasteiger charge is 2.35. The summed E-state index contributed by atoms with van der Waals surface area (Å²) in [6.45, 7) is 2.06. The van der Waals surface area contributed by atoms with Gasteiger partial charge in [-0.15, -0.1) is 0 Å². The van der Waals surface area contributed by atoms with Crippen LogP contribution in [0.25, 0.3) is 0 Å². The first kappa shape index (κ1) is 18.3. The number of carboxylic acid groups (broad SMARTS) is 1. The second-order valence-electron chi connectivity index (χ2n) is 6.14. The molecule has 1 aliphatic rings. The van der Waals surface area contributed by atoms with Crippen molar-refractivity contribution in [2.24, 2.45) is 11.8 Å². The fourth-order valence-electron chi connectivity index (χ4n) is 2.98. The molecule has 1 aromatic rings. The highest BCUT2D eigenvalue weighted by Crippen LogP contribution is 2.25. The number of nitro benzene ring substituents is 1. The van der Waals surface area contributed by atoms with Crippen LogP contribution in [0.1, 0.15) is 18.9 Å². The van der Waals surface area contributed by atoms with E-state index in [2.05, 4.69) is 0 Å². The molecule has 24 heavy (non-hydrogen) atoms. The van der Waals surface area contributed by atoms with E-state index in [9.17, 15) is 23.3 Å². The molecule has 8 nitrogen and oxygen atoms in total. The van der Waals surface area contributed by atoms with E-state index in [1.54, 1.807) is 6.07 Å². The molecule has 1 N–H and O–H groups in total. The number of carbonyl (C=O) groups is 1. The van der Waals surface area contributed by atoms with Gasteiger partial charge in [0.25, 0.3) is 5.69 Å². The Hall–Kier alpha value is -2.00. The van der Waals surface area contributed by atoms with Gasteiger partial charge in [-0.1, -0.05) is 25.1 Å². The number of piperidine rings is 1. The van der Waals surface area contributed by atoms with Crippen molar-refractivity contribution in [2.75, 3.05) is 18.8 Å². The first-order valence-corrected chi connectivity index (χ1v) is 9.24. The molecule has 1 heterocycles. The Kier molecular flexibility index (Phi) is 5.55. The van der Waals surface area contributed by atoms with Crippen LogP contribution in [0.15, 0.2) is 24.3 Å². The summed E-state index contributed by atoms with van der Waals surface area (Å²) in [7, 11) is -3.68. The maximum atomic E-state index is 12.5. The summed E-state index contributed by atoms with van der Waals surface area (Å²) in [6, 6.07) is 6.02. The third-order valence-corrected chi connectivity index (χ3v) is 5.99. The SMILES string of the molecule is CC1CC(C(=O)O)CN(S(=O)(=O)CCc2ccccc2[N+](=O)[O-])C1. The zero-order chi connectivity index (χ0) is 17.9. The van der Waals surface area contributed by atoms with E-state index < -0.39 is 26.8 Å². The predicted molar refractivity (Wildman–Crippen MR) is 87.1 cm³/mol. The maximum Gasteiger partial charge on any atom is 0.307 e. The third kappa shape index (κ3) is 4.30. The number of rotatable bonds is 6. The summed E-state index contributed by atoms with van der Waals surface area (Å²) >= 11 is 0. The van der Waals surface area contributed by atoms with Crippen LogP contribution in [-0.4, -0.2) is 47.6 Å². The molecule has 2 unspecified atom stereocenters. The van der Waals surface area contributed by atoms with Gasteiger partial charge in [0.05, 0.1) is 16.6 Å². The van der Waals surface area contributed by atoms with Crippen molar-refractivity contribution in [1.29, 1.82) is 0 Å². The molecule has 2 rings (SSSR count). The molecular weight excluding hydrogens is 336 g/mol. The summed E-state index contributed by atoms with van der Waals surface area (Å²) in [5.41, 5.74) is 0.244. The maximum absolute atomic E-state index is 12.5. The van der Waals surface area contributed by atoms with E-state index >= 15 is 0 Å². The number of nitro groups is 1. The van der Waals surface area contributed by atoms with Crippen LogP contribution in [0.4, 0.5) is 5.69 Å². The Labute approximate surface area is 140 Å². The lowest BCUT2D eigenvalue weighted by Crippen LogP contribution is -2.46. The van der Waals surface area contributed by atoms with Crippen molar-refractivity contribution in [2.45, 2.75) is 19.8 Å². The van der Waals surface area contributed by atoms with Crippen LogP contribution < -0.4 is 0 Å². The van der Waals surface area contributed by atoms with E-state index in [-0.39, 0.29) is 36.9 Å². The van der Waals surface area contributed by atoms with Gasteiger partial charge in [0.2, 0.25) is 10.0 Å². The molecule has 132 valence electrons. The van der Waals surface area contributed by atoms with E-state index in [0.717, 1.165) is 0 Å². The Balaban J connectivity index is 2.11. The molecule has 2 atom stereocenters. The van der Waals surface area contributed by atoms with Gasteiger partial charge >= 0.3 is 5.97 Å². The van der Waals surface area contributed by atoms with Crippen molar-refractivity contribution < 1.29 is 23.2 Å². The number of hydrogen-bond acceptors (Lipinski definition) is 5. The van der Waals surface area contributed by atoms with Crippen LogP contribution in [0.5, 0.6) is 0 Å². The van der Waals surface area contributed by atoms with Crippen molar-refractivity contribution in [1.82, 2.24) is 4.31 Å². The third-order valence-electron chi connectivity index (χ3n) is 4.19. The lowest BCUT2D eigenvalue weighted by molar-refractivity contribution is -0.385. The van der Waals surface area contributed by atoms with Crippen molar-refractivity contribution >= 4 is 21.7 Å². The number of aliphatic carboxylic acids is 1. The zero-order valence-corrected chi connectivity index (χ0v) is 14.1. The van der Waals surface area contributed by atoms with Crippen LogP contribution in [0.3, 0.4) is 0 Å². The van der Waals surface area contributed by atoms with Gasteiger partial charge in [0, 0.05) is 24.7 Å². The average molecular weight is 356 g/mol. The first-order valence-electron chi connectivity index (χ1n) is 7.63. The second-order valence-corrected chi connectivity index (χ2v) is 8.23. The van der Waals surface area contributed by atoms with Crippen LogP contribution in [0, 0.1) is 22.0 Å². The molecule has 1 aliphatic heterocycles. The quantitative estimate of drug-likeness (QED) is 0.610. The smallest absolute Gasteiger partial charge is 0.307 e. The highest BCUT2D eigenvalue weighted by atomic mass is 32.2. The minimum Gasteiger partial charge on any atom is -0.481 e. The van der Waals surface area contributed by atoms with Gasteiger partial charge in [-0.05, 0) is 18.8 Å². The summed E-state index contributed by atoms with van der Waals surface area (Å²) in [6.07, 6.45) is 0.466. The minimum atomic E-state index is -3.68. The normalized spacial score (nSPS) is 22.2. The topological polar surface area (TPSA) is 118 Å². The monoisotopic (exact) mass is 356 g/mol. The zero-order valence-electron chi connectivity index (χ0n) is 13.3. The summed E-state index contributed by atoms with van der Waals surface area (Å²) in [5, 5.41) is 20.1. The number of sulfonamides is 1. The molecule has 0 aliphatic carbocycles. The Morgan fingerprint density at radius 1 is 1.38 bits per heavy atom. The Bertz CT molecular complexity index is 733. The van der Waals surface area contributed by atoms with Crippen molar-refractivity contribution in [3.05, 3.63) is 39.9 Å². The first-order chi connectivity index (χ1) is 11.2. The minimum absolute atomic E-state index is 0.0160. The fourth-order valence-corrected chi connectivity index (χ4v) is 4.60. The Morgan fingerprint density at radius 3 is 2.67 bits per heavy atom. The summed E-state index contributed by atoms with van der Waals surface area (Å²) in [4.78, 5) is 21.6. The van der Waals surface area contributed by atoms with Crippen LogP contribution >= 0.6 is 0 Å². The van der Waals surface area contributed by atoms with Crippen molar-refractivity contribution in [3.63, 3.8) is 0 Å². The van der Waals surface area contributed by atoms with E-state index in [1.165, 1.54) is 22.5 Å². The molecule has 1 fully saturated rings. The molecule has 1 saturated heterocycles.